The topological polar surface area (TPSA) is 62.1 Å². The van der Waals surface area contributed by atoms with Crippen LogP contribution >= 0.6 is 16.1 Å². The van der Waals surface area contributed by atoms with Crippen molar-refractivity contribution < 1.29 is 14.6 Å². The van der Waals surface area contributed by atoms with Crippen molar-refractivity contribution in [3.63, 3.8) is 0 Å². The van der Waals surface area contributed by atoms with Crippen molar-refractivity contribution >= 4 is 27.8 Å². The van der Waals surface area contributed by atoms with Gasteiger partial charge in [0.25, 0.3) is 0 Å². The van der Waals surface area contributed by atoms with Crippen LogP contribution in [-0.2, 0) is 17.3 Å². The molecular formula is C33H47BrN2O3. The highest BCUT2D eigenvalue weighted by Gasteiger charge is 2.38. The Morgan fingerprint density at radius 1 is 1.08 bits per heavy atom. The van der Waals surface area contributed by atoms with Crippen molar-refractivity contribution in [1.82, 2.24) is 4.90 Å². The number of nitrogens with zero attached hydrogens (tertiary/aromatic N) is 2. The highest BCUT2D eigenvalue weighted by atomic mass is 79.9. The second-order valence-corrected chi connectivity index (χ2v) is 13.7. The van der Waals surface area contributed by atoms with Gasteiger partial charge in [0, 0.05) is 28.7 Å². The molecule has 1 fully saturated rings. The Morgan fingerprint density at radius 2 is 1.64 bits per heavy atom. The predicted molar refractivity (Wildman–Crippen MR) is 166 cm³/mol. The molecule has 214 valence electrons. The average molecular weight is 600 g/mol. The van der Waals surface area contributed by atoms with Gasteiger partial charge in [-0.15, -0.1) is 0 Å². The number of hydrogen-bond acceptors (Lipinski definition) is 4. The number of halogens is 1. The van der Waals surface area contributed by atoms with E-state index in [-0.39, 0.29) is 41.2 Å². The highest BCUT2D eigenvalue weighted by Crippen LogP contribution is 2.40. The van der Waals surface area contributed by atoms with Crippen LogP contribution in [0.5, 0.6) is 11.5 Å². The summed E-state index contributed by atoms with van der Waals surface area (Å²) in [6.45, 7) is 18.9. The van der Waals surface area contributed by atoms with Gasteiger partial charge in [0.2, 0.25) is 0 Å². The highest BCUT2D eigenvalue weighted by molar-refractivity contribution is 9.08. The van der Waals surface area contributed by atoms with Crippen molar-refractivity contribution in [3.8, 4) is 11.5 Å². The van der Waals surface area contributed by atoms with Crippen molar-refractivity contribution in [1.29, 1.82) is 0 Å². The molecule has 1 heterocycles. The molecule has 1 aliphatic heterocycles. The summed E-state index contributed by atoms with van der Waals surface area (Å²) in [5, 5.41) is 11.1. The van der Waals surface area contributed by atoms with Crippen molar-refractivity contribution in [2.45, 2.75) is 111 Å². The number of amidine groups is 1. The lowest BCUT2D eigenvalue weighted by molar-refractivity contribution is 0.0950. The largest absolute Gasteiger partial charge is 0.507 e. The maximum Gasteiger partial charge on any atom is 0.182 e. The molecule has 39 heavy (non-hydrogen) atoms. The molecule has 0 amide bonds. The van der Waals surface area contributed by atoms with Gasteiger partial charge >= 0.3 is 0 Å². The Balaban J connectivity index is 1.89. The summed E-state index contributed by atoms with van der Waals surface area (Å²) in [5.41, 5.74) is 2.92. The second kappa shape index (κ2) is 12.4. The number of likely N-dealkylation sites (tertiary alicyclic amines) is 1. The lowest BCUT2D eigenvalue weighted by Crippen LogP contribution is -2.38. The summed E-state index contributed by atoms with van der Waals surface area (Å²) in [6, 6.07) is 12.4. The number of ketones is 1. The third kappa shape index (κ3) is 7.65. The molecule has 2 atom stereocenters. The van der Waals surface area contributed by atoms with E-state index in [0.29, 0.717) is 11.3 Å². The van der Waals surface area contributed by atoms with Crippen LogP contribution in [0.3, 0.4) is 0 Å². The lowest BCUT2D eigenvalue weighted by Gasteiger charge is -2.29. The number of rotatable bonds is 9. The number of carbonyl (C=O) groups is 1. The Hall–Kier alpha value is -2.34. The first-order valence-corrected chi connectivity index (χ1v) is 15.0. The summed E-state index contributed by atoms with van der Waals surface area (Å²) < 4.78 is 10.4. The van der Waals surface area contributed by atoms with Crippen LogP contribution in [0.25, 0.3) is 0 Å². The zero-order valence-corrected chi connectivity index (χ0v) is 26.9. The number of hydrogen-bond donors (Lipinski definition) is 1. The van der Waals surface area contributed by atoms with Crippen molar-refractivity contribution in [2.75, 3.05) is 6.54 Å². The monoisotopic (exact) mass is 598 g/mol. The Labute approximate surface area is 244 Å². The van der Waals surface area contributed by atoms with Crippen LogP contribution in [0, 0.1) is 5.92 Å². The molecule has 0 aromatic heterocycles. The van der Waals surface area contributed by atoms with E-state index in [0.717, 1.165) is 48.4 Å². The SMILES string of the molecule is CCC[C@H]1C[C@H](Cc2ccc(OC(C)C)cc2)C(=NBr)N1CC(=O)c1cc(C(C)(C)C)c(O)c(C(C)(C)C)c1. The third-order valence-corrected chi connectivity index (χ3v) is 7.87. The number of aromatic hydroxyl groups is 1. The summed E-state index contributed by atoms with van der Waals surface area (Å²) in [7, 11) is 0. The molecule has 1 saturated heterocycles. The lowest BCUT2D eigenvalue weighted by atomic mass is 9.78. The van der Waals surface area contributed by atoms with Gasteiger partial charge in [-0.2, -0.15) is 4.02 Å². The number of carbonyl (C=O) groups excluding carboxylic acids is 1. The minimum atomic E-state index is -0.290. The standard InChI is InChI=1S/C33H47BrN2O3/c1-10-11-25-17-24(16-22-12-14-26(15-13-22)39-21(2)3)31(35-34)36(25)20-29(37)23-18-27(32(4,5)6)30(38)28(19-23)33(7,8)9/h12-15,18-19,21,24-25,38H,10-11,16-17,20H2,1-9H3/t24-,25-/m0/s1. The molecule has 1 aliphatic rings. The normalized spacial score (nSPS) is 19.3. The van der Waals surface area contributed by atoms with Gasteiger partial charge in [-0.1, -0.05) is 67.0 Å². The molecule has 1 N–H and O–H groups in total. The van der Waals surface area contributed by atoms with Crippen LogP contribution < -0.4 is 4.74 Å². The number of ether oxygens (including phenoxy) is 1. The Kier molecular flexibility index (Phi) is 9.96. The summed E-state index contributed by atoms with van der Waals surface area (Å²) in [6.07, 6.45) is 4.02. The second-order valence-electron chi connectivity index (χ2n) is 13.3. The summed E-state index contributed by atoms with van der Waals surface area (Å²) >= 11 is 3.40. The van der Waals surface area contributed by atoms with E-state index in [1.165, 1.54) is 5.56 Å². The molecule has 5 nitrogen and oxygen atoms in total. The van der Waals surface area contributed by atoms with Gasteiger partial charge in [0.15, 0.2) is 5.78 Å². The van der Waals surface area contributed by atoms with Gasteiger partial charge in [-0.3, -0.25) is 4.79 Å². The number of Topliss-reactive ketones (excluding diaryl/α,β-unsaturated/α-hetero) is 1. The summed E-state index contributed by atoms with van der Waals surface area (Å²) in [4.78, 5) is 16.1. The first-order chi connectivity index (χ1) is 18.1. The average Bonchev–Trinajstić information content (AvgIpc) is 3.14. The van der Waals surface area contributed by atoms with Gasteiger partial charge in [-0.25, -0.2) is 0 Å². The Bertz CT molecular complexity index is 1140. The van der Waals surface area contributed by atoms with Crippen LogP contribution in [-0.4, -0.2) is 40.3 Å². The maximum absolute atomic E-state index is 13.9. The predicted octanol–water partition coefficient (Wildman–Crippen LogP) is 8.40. The van der Waals surface area contributed by atoms with Crippen LogP contribution in [0.1, 0.15) is 109 Å². The van der Waals surface area contributed by atoms with Gasteiger partial charge in [-0.05, 0) is 73.8 Å². The van der Waals surface area contributed by atoms with Gasteiger partial charge in [0.1, 0.15) is 17.3 Å². The van der Waals surface area contributed by atoms with E-state index in [9.17, 15) is 9.90 Å². The smallest absolute Gasteiger partial charge is 0.182 e. The van der Waals surface area contributed by atoms with Gasteiger partial charge < -0.3 is 14.7 Å². The van der Waals surface area contributed by atoms with E-state index in [4.69, 9.17) is 4.74 Å². The molecule has 0 spiro atoms. The maximum atomic E-state index is 13.9. The van der Waals surface area contributed by atoms with Crippen molar-refractivity contribution in [2.24, 2.45) is 9.94 Å². The van der Waals surface area contributed by atoms with Crippen molar-refractivity contribution in [3.05, 3.63) is 58.7 Å². The molecule has 6 heteroatoms. The molecule has 2 aromatic rings. The molecule has 0 bridgehead atoms. The molecule has 3 rings (SSSR count). The van der Waals surface area contributed by atoms with Crippen LogP contribution in [0.2, 0.25) is 0 Å². The van der Waals surface area contributed by atoms with E-state index in [1.54, 1.807) is 0 Å². The fourth-order valence-electron chi connectivity index (χ4n) is 5.54. The first kappa shape index (κ1) is 31.2. The molecule has 0 aliphatic carbocycles. The minimum absolute atomic E-state index is 0.0524. The Morgan fingerprint density at radius 3 is 2.10 bits per heavy atom. The fourth-order valence-corrected chi connectivity index (χ4v) is 6.03. The van der Waals surface area contributed by atoms with Gasteiger partial charge in [0.05, 0.1) is 28.8 Å². The minimum Gasteiger partial charge on any atom is -0.507 e. The molecule has 0 unspecified atom stereocenters. The quantitative estimate of drug-likeness (QED) is 0.294. The van der Waals surface area contributed by atoms with E-state index in [1.807, 2.05) is 38.1 Å². The van der Waals surface area contributed by atoms with Crippen LogP contribution in [0.15, 0.2) is 40.4 Å². The first-order valence-electron chi connectivity index (χ1n) is 14.3. The molecule has 2 aromatic carbocycles. The van der Waals surface area contributed by atoms with E-state index >= 15 is 0 Å². The zero-order valence-electron chi connectivity index (χ0n) is 25.3. The zero-order chi connectivity index (χ0) is 29.1. The van der Waals surface area contributed by atoms with E-state index in [2.05, 4.69) is 85.7 Å². The number of benzene rings is 2. The third-order valence-electron chi connectivity index (χ3n) is 7.50. The summed E-state index contributed by atoms with van der Waals surface area (Å²) in [5.74, 6) is 2.39. The fraction of sp³-hybridized carbons (Fsp3) is 0.576. The molecular weight excluding hydrogens is 552 g/mol. The molecule has 0 radical (unpaired) electrons. The van der Waals surface area contributed by atoms with Crippen LogP contribution in [0.4, 0.5) is 0 Å². The molecule has 0 saturated carbocycles. The number of phenols is 1. The number of phenolic OH excluding ortho intramolecular Hbond substituents is 1. The van der Waals surface area contributed by atoms with E-state index < -0.39 is 0 Å².